The molecule has 1 fully saturated rings. The predicted octanol–water partition coefficient (Wildman–Crippen LogP) is 0.844. The molecule has 1 rings (SSSR count). The molecule has 0 aliphatic carbocycles. The molecule has 1 aliphatic heterocycles. The summed E-state index contributed by atoms with van der Waals surface area (Å²) in [6, 6.07) is -0.187. The molecule has 1 saturated heterocycles. The second-order valence-electron chi connectivity index (χ2n) is 4.56. The lowest BCUT2D eigenvalue weighted by Crippen LogP contribution is -2.47. The average Bonchev–Trinajstić information content (AvgIpc) is 2.27. The van der Waals surface area contributed by atoms with Gasteiger partial charge in [-0.15, -0.1) is 0 Å². The van der Waals surface area contributed by atoms with Gasteiger partial charge in [0.1, 0.15) is 0 Å². The zero-order chi connectivity index (χ0) is 11.7. The Balaban J connectivity index is 2.47. The van der Waals surface area contributed by atoms with Gasteiger partial charge < -0.3 is 10.5 Å². The summed E-state index contributed by atoms with van der Waals surface area (Å²) < 4.78 is 41.5. The number of nitrogens with two attached hydrogens (primary N) is 1. The number of halogens is 3. The van der Waals surface area contributed by atoms with E-state index in [1.165, 1.54) is 11.9 Å². The van der Waals surface area contributed by atoms with Gasteiger partial charge in [-0.3, -0.25) is 4.90 Å². The van der Waals surface area contributed by atoms with Crippen molar-refractivity contribution < 1.29 is 17.9 Å². The zero-order valence-electron chi connectivity index (χ0n) is 8.97. The molecule has 1 aliphatic rings. The van der Waals surface area contributed by atoms with Gasteiger partial charge >= 0.3 is 6.18 Å². The largest absolute Gasteiger partial charge is 0.401 e. The molecule has 2 atom stereocenters. The molecule has 0 bridgehead atoms. The SMILES string of the molecule is CN(CC(F)(F)F)CC1(C)COCC1N. The van der Waals surface area contributed by atoms with E-state index in [2.05, 4.69) is 0 Å². The molecule has 6 heteroatoms. The fourth-order valence-corrected chi connectivity index (χ4v) is 1.87. The standard InChI is InChI=1S/C9H17F3N2O/c1-8(6-15-3-7(8)13)4-14(2)5-9(10,11)12/h7H,3-6,13H2,1-2H3. The second-order valence-corrected chi connectivity index (χ2v) is 4.56. The van der Waals surface area contributed by atoms with Crippen LogP contribution in [0.5, 0.6) is 0 Å². The summed E-state index contributed by atoms with van der Waals surface area (Å²) in [5.74, 6) is 0. The fourth-order valence-electron chi connectivity index (χ4n) is 1.87. The third kappa shape index (κ3) is 3.62. The van der Waals surface area contributed by atoms with Gasteiger partial charge in [-0.25, -0.2) is 0 Å². The van der Waals surface area contributed by atoms with Crippen LogP contribution in [0, 0.1) is 5.41 Å². The maximum atomic E-state index is 12.1. The highest BCUT2D eigenvalue weighted by Crippen LogP contribution is 2.28. The maximum Gasteiger partial charge on any atom is 0.401 e. The maximum absolute atomic E-state index is 12.1. The summed E-state index contributed by atoms with van der Waals surface area (Å²) in [5.41, 5.74) is 5.42. The van der Waals surface area contributed by atoms with E-state index in [1.54, 1.807) is 0 Å². The first-order valence-corrected chi connectivity index (χ1v) is 4.81. The molecule has 15 heavy (non-hydrogen) atoms. The molecule has 0 spiro atoms. The van der Waals surface area contributed by atoms with E-state index in [0.717, 1.165) is 0 Å². The van der Waals surface area contributed by atoms with E-state index in [4.69, 9.17) is 10.5 Å². The summed E-state index contributed by atoms with van der Waals surface area (Å²) in [7, 11) is 1.45. The molecule has 0 radical (unpaired) electrons. The summed E-state index contributed by atoms with van der Waals surface area (Å²) in [6.07, 6.45) is -4.16. The smallest absolute Gasteiger partial charge is 0.379 e. The van der Waals surface area contributed by atoms with Crippen molar-refractivity contribution in [2.45, 2.75) is 19.1 Å². The average molecular weight is 226 g/mol. The minimum absolute atomic E-state index is 0.187. The highest BCUT2D eigenvalue weighted by Gasteiger charge is 2.40. The van der Waals surface area contributed by atoms with E-state index in [-0.39, 0.29) is 11.5 Å². The second kappa shape index (κ2) is 4.27. The summed E-state index contributed by atoms with van der Waals surface area (Å²) in [5, 5.41) is 0. The lowest BCUT2D eigenvalue weighted by Gasteiger charge is -2.32. The van der Waals surface area contributed by atoms with Crippen molar-refractivity contribution in [2.24, 2.45) is 11.1 Å². The van der Waals surface area contributed by atoms with E-state index in [0.29, 0.717) is 19.8 Å². The van der Waals surface area contributed by atoms with Gasteiger partial charge in [-0.2, -0.15) is 13.2 Å². The number of nitrogens with zero attached hydrogens (tertiary/aromatic N) is 1. The zero-order valence-corrected chi connectivity index (χ0v) is 8.97. The minimum Gasteiger partial charge on any atom is -0.379 e. The molecular weight excluding hydrogens is 209 g/mol. The van der Waals surface area contributed by atoms with Crippen molar-refractivity contribution in [3.63, 3.8) is 0 Å². The number of ether oxygens (including phenoxy) is 1. The number of hydrogen-bond donors (Lipinski definition) is 1. The Morgan fingerprint density at radius 2 is 2.13 bits per heavy atom. The van der Waals surface area contributed by atoms with Crippen LogP contribution in [0.2, 0.25) is 0 Å². The van der Waals surface area contributed by atoms with Crippen molar-refractivity contribution >= 4 is 0 Å². The van der Waals surface area contributed by atoms with Gasteiger partial charge in [0.25, 0.3) is 0 Å². The van der Waals surface area contributed by atoms with Gasteiger partial charge in [0.2, 0.25) is 0 Å². The van der Waals surface area contributed by atoms with Gasteiger partial charge in [0, 0.05) is 18.0 Å². The lowest BCUT2D eigenvalue weighted by atomic mass is 9.85. The predicted molar refractivity (Wildman–Crippen MR) is 50.5 cm³/mol. The quantitative estimate of drug-likeness (QED) is 0.775. The molecule has 3 nitrogen and oxygen atoms in total. The van der Waals surface area contributed by atoms with E-state index in [1.807, 2.05) is 6.92 Å². The molecule has 0 aromatic carbocycles. The van der Waals surface area contributed by atoms with Crippen LogP contribution < -0.4 is 5.73 Å². The molecule has 0 aromatic heterocycles. The first-order valence-electron chi connectivity index (χ1n) is 4.81. The van der Waals surface area contributed by atoms with Crippen LogP contribution in [0.4, 0.5) is 13.2 Å². The first-order chi connectivity index (χ1) is 6.73. The Morgan fingerprint density at radius 1 is 1.53 bits per heavy atom. The Kier molecular flexibility index (Phi) is 3.63. The van der Waals surface area contributed by atoms with Gasteiger partial charge in [-0.1, -0.05) is 6.92 Å². The Hall–Kier alpha value is -0.330. The number of rotatable bonds is 3. The summed E-state index contributed by atoms with van der Waals surface area (Å²) in [6.45, 7) is 2.10. The Morgan fingerprint density at radius 3 is 2.53 bits per heavy atom. The molecular formula is C9H17F3N2O. The normalized spacial score (nSPS) is 32.6. The fraction of sp³-hybridized carbons (Fsp3) is 1.00. The molecule has 0 saturated carbocycles. The van der Waals surface area contributed by atoms with Gasteiger partial charge in [-0.05, 0) is 7.05 Å². The van der Waals surface area contributed by atoms with Crippen LogP contribution in [-0.4, -0.2) is 50.5 Å². The molecule has 1 heterocycles. The third-order valence-corrected chi connectivity index (χ3v) is 2.70. The topological polar surface area (TPSA) is 38.5 Å². The van der Waals surface area contributed by atoms with Crippen LogP contribution in [0.3, 0.4) is 0 Å². The first kappa shape index (κ1) is 12.7. The molecule has 0 aromatic rings. The van der Waals surface area contributed by atoms with Crippen molar-refractivity contribution in [1.82, 2.24) is 4.90 Å². The van der Waals surface area contributed by atoms with Gasteiger partial charge in [0.15, 0.2) is 0 Å². The van der Waals surface area contributed by atoms with Crippen molar-refractivity contribution in [1.29, 1.82) is 0 Å². The van der Waals surface area contributed by atoms with Crippen LogP contribution in [0.15, 0.2) is 0 Å². The highest BCUT2D eigenvalue weighted by atomic mass is 19.4. The van der Waals surface area contributed by atoms with Crippen molar-refractivity contribution in [2.75, 3.05) is 33.4 Å². The Bertz CT molecular complexity index is 222. The third-order valence-electron chi connectivity index (χ3n) is 2.70. The molecule has 0 amide bonds. The van der Waals surface area contributed by atoms with Crippen molar-refractivity contribution in [3.8, 4) is 0 Å². The monoisotopic (exact) mass is 226 g/mol. The van der Waals surface area contributed by atoms with E-state index in [9.17, 15) is 13.2 Å². The number of alkyl halides is 3. The molecule has 2 unspecified atom stereocenters. The Labute approximate surface area is 87.4 Å². The summed E-state index contributed by atoms with van der Waals surface area (Å²) in [4.78, 5) is 1.24. The van der Waals surface area contributed by atoms with E-state index >= 15 is 0 Å². The molecule has 2 N–H and O–H groups in total. The van der Waals surface area contributed by atoms with Crippen LogP contribution in [-0.2, 0) is 4.74 Å². The van der Waals surface area contributed by atoms with Crippen LogP contribution >= 0.6 is 0 Å². The van der Waals surface area contributed by atoms with Crippen molar-refractivity contribution in [3.05, 3.63) is 0 Å². The highest BCUT2D eigenvalue weighted by molar-refractivity contribution is 4.92. The van der Waals surface area contributed by atoms with Crippen LogP contribution in [0.1, 0.15) is 6.92 Å². The lowest BCUT2D eigenvalue weighted by molar-refractivity contribution is -0.145. The number of hydrogen-bond acceptors (Lipinski definition) is 3. The summed E-state index contributed by atoms with van der Waals surface area (Å²) >= 11 is 0. The van der Waals surface area contributed by atoms with E-state index < -0.39 is 12.7 Å². The molecule has 90 valence electrons. The van der Waals surface area contributed by atoms with Gasteiger partial charge in [0.05, 0.1) is 19.8 Å². The van der Waals surface area contributed by atoms with Crippen LogP contribution in [0.25, 0.3) is 0 Å². The minimum atomic E-state index is -4.16.